The fourth-order valence-corrected chi connectivity index (χ4v) is 3.18. The Hall–Kier alpha value is -3.45. The Morgan fingerprint density at radius 2 is 1.69 bits per heavy atom. The second-order valence-corrected chi connectivity index (χ2v) is 7.00. The van der Waals surface area contributed by atoms with Crippen LogP contribution in [-0.2, 0) is 20.1 Å². The predicted octanol–water partition coefficient (Wildman–Crippen LogP) is 4.20. The van der Waals surface area contributed by atoms with Gasteiger partial charge in [0.15, 0.2) is 0 Å². The summed E-state index contributed by atoms with van der Waals surface area (Å²) in [4.78, 5) is 2.13. The zero-order valence-corrected chi connectivity index (χ0v) is 16.7. The Labute approximate surface area is 169 Å². The Morgan fingerprint density at radius 3 is 2.38 bits per heavy atom. The molecule has 4 aromatic rings. The van der Waals surface area contributed by atoms with Crippen LogP contribution in [0.25, 0.3) is 11.3 Å². The maximum absolute atomic E-state index is 5.88. The molecular weight excluding hydrogens is 366 g/mol. The molecule has 2 heterocycles. The van der Waals surface area contributed by atoms with Crippen molar-refractivity contribution < 1.29 is 9.15 Å². The molecule has 0 aliphatic rings. The third kappa shape index (κ3) is 4.70. The summed E-state index contributed by atoms with van der Waals surface area (Å²) in [5.41, 5.74) is 3.12. The summed E-state index contributed by atoms with van der Waals surface area (Å²) >= 11 is 0. The molecule has 0 fully saturated rings. The van der Waals surface area contributed by atoms with Gasteiger partial charge in [0.25, 0.3) is 0 Å². The van der Waals surface area contributed by atoms with E-state index in [0.717, 1.165) is 28.3 Å². The zero-order chi connectivity index (χ0) is 20.2. The normalized spacial score (nSPS) is 11.2. The quantitative estimate of drug-likeness (QED) is 0.472. The van der Waals surface area contributed by atoms with Crippen molar-refractivity contribution >= 4 is 0 Å². The van der Waals surface area contributed by atoms with Gasteiger partial charge in [0, 0.05) is 37.8 Å². The fraction of sp³-hybridized carbons (Fsp3) is 0.227. The van der Waals surface area contributed by atoms with Crippen molar-refractivity contribution in [3.63, 3.8) is 0 Å². The van der Waals surface area contributed by atoms with Crippen molar-refractivity contribution in [2.24, 2.45) is 7.05 Å². The number of aryl methyl sites for hydroxylation is 2. The smallest absolute Gasteiger partial charge is 0.230 e. The molecule has 148 valence electrons. The molecule has 7 heteroatoms. The van der Waals surface area contributed by atoms with Crippen LogP contribution >= 0.6 is 0 Å². The van der Waals surface area contributed by atoms with Crippen LogP contribution in [0.5, 0.6) is 11.5 Å². The number of hydrogen-bond acceptors (Lipinski definition) is 6. The molecule has 0 aliphatic heterocycles. The van der Waals surface area contributed by atoms with Crippen molar-refractivity contribution in [1.29, 1.82) is 0 Å². The standard InChI is InChI=1S/C22H23N5O2/c1-16-23-24-21(28-16)15-26(2)13-18-14-27(3)25-22(18)17-9-11-20(12-10-17)29-19-7-5-4-6-8-19/h4-12,14H,13,15H2,1-3H3. The second-order valence-electron chi connectivity index (χ2n) is 7.00. The van der Waals surface area contributed by atoms with E-state index in [1.54, 1.807) is 6.92 Å². The first kappa shape index (κ1) is 18.9. The minimum absolute atomic E-state index is 0.577. The molecule has 0 N–H and O–H groups in total. The average molecular weight is 389 g/mol. The lowest BCUT2D eigenvalue weighted by atomic mass is 10.1. The highest BCUT2D eigenvalue weighted by molar-refractivity contribution is 5.63. The van der Waals surface area contributed by atoms with Gasteiger partial charge in [0.1, 0.15) is 11.5 Å². The maximum atomic E-state index is 5.88. The molecular formula is C22H23N5O2. The molecule has 4 rings (SSSR count). The van der Waals surface area contributed by atoms with E-state index < -0.39 is 0 Å². The molecule has 2 aromatic heterocycles. The van der Waals surface area contributed by atoms with Crippen molar-refractivity contribution in [1.82, 2.24) is 24.9 Å². The lowest BCUT2D eigenvalue weighted by Gasteiger charge is -2.14. The van der Waals surface area contributed by atoms with E-state index in [-0.39, 0.29) is 0 Å². The average Bonchev–Trinajstić information content (AvgIpc) is 3.28. The molecule has 7 nitrogen and oxygen atoms in total. The third-order valence-corrected chi connectivity index (χ3v) is 4.42. The fourth-order valence-electron chi connectivity index (χ4n) is 3.18. The van der Waals surface area contributed by atoms with Gasteiger partial charge >= 0.3 is 0 Å². The number of hydrogen-bond donors (Lipinski definition) is 0. The minimum atomic E-state index is 0.577. The Bertz CT molecular complexity index is 1070. The highest BCUT2D eigenvalue weighted by Crippen LogP contribution is 2.27. The lowest BCUT2D eigenvalue weighted by molar-refractivity contribution is 0.279. The molecule has 2 aromatic carbocycles. The molecule has 0 bridgehead atoms. The van der Waals surface area contributed by atoms with E-state index in [0.29, 0.717) is 24.9 Å². The maximum Gasteiger partial charge on any atom is 0.230 e. The van der Waals surface area contributed by atoms with Gasteiger partial charge in [0.05, 0.1) is 12.2 Å². The summed E-state index contributed by atoms with van der Waals surface area (Å²) in [6.07, 6.45) is 2.04. The Morgan fingerprint density at radius 1 is 0.966 bits per heavy atom. The van der Waals surface area contributed by atoms with E-state index >= 15 is 0 Å². The molecule has 0 aliphatic carbocycles. The number of benzene rings is 2. The van der Waals surface area contributed by atoms with Crippen molar-refractivity contribution in [3.8, 4) is 22.8 Å². The first-order valence-electron chi connectivity index (χ1n) is 9.40. The van der Waals surface area contributed by atoms with Crippen molar-refractivity contribution in [2.75, 3.05) is 7.05 Å². The van der Waals surface area contributed by atoms with Crippen molar-refractivity contribution in [3.05, 3.63) is 78.1 Å². The van der Waals surface area contributed by atoms with Crippen LogP contribution in [-0.4, -0.2) is 31.9 Å². The SMILES string of the molecule is Cc1nnc(CN(C)Cc2cn(C)nc2-c2ccc(Oc3ccccc3)cc2)o1. The van der Waals surface area contributed by atoms with Gasteiger partial charge in [-0.25, -0.2) is 0 Å². The van der Waals surface area contributed by atoms with Crippen LogP contribution in [0.4, 0.5) is 0 Å². The van der Waals surface area contributed by atoms with Gasteiger partial charge in [-0.3, -0.25) is 9.58 Å². The predicted molar refractivity (Wildman–Crippen MR) is 109 cm³/mol. The molecule has 0 radical (unpaired) electrons. The number of rotatable bonds is 7. The van der Waals surface area contributed by atoms with E-state index in [1.807, 2.05) is 79.6 Å². The number of aromatic nitrogens is 4. The number of para-hydroxylation sites is 1. The summed E-state index contributed by atoms with van der Waals surface area (Å²) in [5, 5.41) is 12.6. The second kappa shape index (κ2) is 8.28. The summed E-state index contributed by atoms with van der Waals surface area (Å²) < 4.78 is 13.2. The van der Waals surface area contributed by atoms with Gasteiger partial charge in [-0.2, -0.15) is 5.10 Å². The first-order valence-corrected chi connectivity index (χ1v) is 9.40. The van der Waals surface area contributed by atoms with E-state index in [1.165, 1.54) is 0 Å². The largest absolute Gasteiger partial charge is 0.457 e. The van der Waals surface area contributed by atoms with Crippen LogP contribution in [0, 0.1) is 6.92 Å². The monoisotopic (exact) mass is 389 g/mol. The zero-order valence-electron chi connectivity index (χ0n) is 16.7. The highest BCUT2D eigenvalue weighted by Gasteiger charge is 2.14. The van der Waals surface area contributed by atoms with E-state index in [9.17, 15) is 0 Å². The molecule has 0 saturated heterocycles. The van der Waals surface area contributed by atoms with Crippen molar-refractivity contribution in [2.45, 2.75) is 20.0 Å². The third-order valence-electron chi connectivity index (χ3n) is 4.42. The number of nitrogens with zero attached hydrogens (tertiary/aromatic N) is 5. The van der Waals surface area contributed by atoms with Gasteiger partial charge in [-0.05, 0) is 43.4 Å². The van der Waals surface area contributed by atoms with E-state index in [4.69, 9.17) is 9.15 Å². The minimum Gasteiger partial charge on any atom is -0.457 e. The van der Waals surface area contributed by atoms with Crippen LogP contribution < -0.4 is 4.74 Å². The van der Waals surface area contributed by atoms with Gasteiger partial charge < -0.3 is 9.15 Å². The van der Waals surface area contributed by atoms with Crippen LogP contribution in [0.2, 0.25) is 0 Å². The van der Waals surface area contributed by atoms with Gasteiger partial charge in [0.2, 0.25) is 11.8 Å². The Kier molecular flexibility index (Phi) is 5.39. The summed E-state index contributed by atoms with van der Waals surface area (Å²) in [7, 11) is 3.95. The number of ether oxygens (including phenoxy) is 1. The van der Waals surface area contributed by atoms with Crippen LogP contribution in [0.15, 0.2) is 65.2 Å². The van der Waals surface area contributed by atoms with Gasteiger partial charge in [-0.1, -0.05) is 18.2 Å². The van der Waals surface area contributed by atoms with E-state index in [2.05, 4.69) is 20.2 Å². The molecule has 0 amide bonds. The topological polar surface area (TPSA) is 69.2 Å². The molecule has 0 spiro atoms. The molecule has 29 heavy (non-hydrogen) atoms. The van der Waals surface area contributed by atoms with Gasteiger partial charge in [-0.15, -0.1) is 10.2 Å². The Balaban J connectivity index is 1.48. The van der Waals surface area contributed by atoms with Crippen LogP contribution in [0.1, 0.15) is 17.3 Å². The summed E-state index contributed by atoms with van der Waals surface area (Å²) in [6, 6.07) is 17.7. The molecule has 0 atom stereocenters. The lowest BCUT2D eigenvalue weighted by Crippen LogP contribution is -2.17. The first-order chi connectivity index (χ1) is 14.1. The molecule has 0 saturated carbocycles. The summed E-state index contributed by atoms with van der Waals surface area (Å²) in [5.74, 6) is 2.80. The molecule has 0 unspecified atom stereocenters. The van der Waals surface area contributed by atoms with Crippen LogP contribution in [0.3, 0.4) is 0 Å². The summed E-state index contributed by atoms with van der Waals surface area (Å²) in [6.45, 7) is 3.09. The highest BCUT2D eigenvalue weighted by atomic mass is 16.5.